The topological polar surface area (TPSA) is 35.5 Å². The van der Waals surface area contributed by atoms with Crippen LogP contribution in [0, 0.1) is 0 Å². The smallest absolute Gasteiger partial charge is 0.350 e. The molecule has 10 heteroatoms. The van der Waals surface area contributed by atoms with E-state index in [1.807, 2.05) is 12.1 Å². The van der Waals surface area contributed by atoms with E-state index in [9.17, 15) is 4.79 Å². The van der Waals surface area contributed by atoms with Crippen molar-refractivity contribution in [3.63, 3.8) is 0 Å². The zero-order valence-electron chi connectivity index (χ0n) is 17.1. The van der Waals surface area contributed by atoms with E-state index in [1.54, 1.807) is 36.4 Å². The first kappa shape index (κ1) is 36.4. The Balaban J connectivity index is -0.000000729. The Morgan fingerprint density at radius 3 is 2.03 bits per heavy atom. The van der Waals surface area contributed by atoms with Gasteiger partial charge in [-0.25, -0.2) is 4.79 Å². The van der Waals surface area contributed by atoms with Crippen LogP contribution in [0.15, 0.2) is 53.4 Å². The van der Waals surface area contributed by atoms with Crippen molar-refractivity contribution in [2.45, 2.75) is 50.3 Å². The predicted molar refractivity (Wildman–Crippen MR) is 121 cm³/mol. The van der Waals surface area contributed by atoms with E-state index in [2.05, 4.69) is 6.92 Å². The van der Waals surface area contributed by atoms with Crippen molar-refractivity contribution in [1.29, 1.82) is 0 Å². The lowest BCUT2D eigenvalue weighted by Crippen LogP contribution is -2.01. The molecule has 0 saturated carbocycles. The highest BCUT2D eigenvalue weighted by molar-refractivity contribution is 7.95. The van der Waals surface area contributed by atoms with Gasteiger partial charge in [0.15, 0.2) is 0 Å². The van der Waals surface area contributed by atoms with Crippen molar-refractivity contribution in [3.05, 3.63) is 59.1 Å². The first-order chi connectivity index (χ1) is 12.7. The highest BCUT2D eigenvalue weighted by Gasteiger charge is 2.10. The molecule has 0 bridgehead atoms. The molecule has 180 valence electrons. The standard InChI is InChI=1S/C21H25ClO3S.5FH/c1-2-3-4-5-6-9-16-24-18-14-12-17(13-15-18)21(23)25-26-20-11-8-7-10-19(20)22;;;;;/h7-8,10-15H,2-6,9,16H2,1H3;5*1H. The molecule has 31 heavy (non-hydrogen) atoms. The number of halogens is 6. The Labute approximate surface area is 188 Å². The Hall–Kier alpha value is -2.00. The summed E-state index contributed by atoms with van der Waals surface area (Å²) in [5, 5.41) is 0.559. The monoisotopic (exact) mass is 492 g/mol. The third-order valence-corrected chi connectivity index (χ3v) is 5.11. The fraction of sp³-hybridized carbons (Fsp3) is 0.381. The highest BCUT2D eigenvalue weighted by atomic mass is 35.5. The normalized spacial score (nSPS) is 8.84. The lowest BCUT2D eigenvalue weighted by atomic mass is 10.1. The second-order valence-corrected chi connectivity index (χ2v) is 7.21. The number of rotatable bonds is 11. The van der Waals surface area contributed by atoms with E-state index in [-0.39, 0.29) is 23.5 Å². The molecule has 0 atom stereocenters. The summed E-state index contributed by atoms with van der Waals surface area (Å²) < 4.78 is 11.0. The largest absolute Gasteiger partial charge is 0.494 e. The van der Waals surface area contributed by atoms with Crippen molar-refractivity contribution < 1.29 is 37.2 Å². The minimum absolute atomic E-state index is 0. The van der Waals surface area contributed by atoms with E-state index in [1.165, 1.54) is 32.1 Å². The van der Waals surface area contributed by atoms with Crippen LogP contribution in [0.2, 0.25) is 5.02 Å². The number of carbonyl (C=O) groups excluding carboxylic acids is 1. The molecule has 0 heterocycles. The zero-order chi connectivity index (χ0) is 18.6. The van der Waals surface area contributed by atoms with Crippen molar-refractivity contribution >= 4 is 29.6 Å². The summed E-state index contributed by atoms with van der Waals surface area (Å²) in [6.45, 7) is 2.93. The average molecular weight is 493 g/mol. The zero-order valence-corrected chi connectivity index (χ0v) is 18.7. The van der Waals surface area contributed by atoms with Gasteiger partial charge in [-0.2, -0.15) is 0 Å². The maximum absolute atomic E-state index is 12.1. The number of ether oxygens (including phenoxy) is 1. The van der Waals surface area contributed by atoms with Gasteiger partial charge in [0, 0.05) is 0 Å². The van der Waals surface area contributed by atoms with Crippen LogP contribution < -0.4 is 4.74 Å². The molecule has 0 amide bonds. The molecule has 0 radical (unpaired) electrons. The van der Waals surface area contributed by atoms with Gasteiger partial charge in [-0.15, -0.1) is 0 Å². The number of unbranched alkanes of at least 4 members (excludes halogenated alkanes) is 5. The maximum atomic E-state index is 12.1. The van der Waals surface area contributed by atoms with Gasteiger partial charge in [-0.1, -0.05) is 62.8 Å². The average Bonchev–Trinajstić information content (AvgIpc) is 2.67. The van der Waals surface area contributed by atoms with Gasteiger partial charge in [0.1, 0.15) is 5.75 Å². The van der Waals surface area contributed by atoms with Gasteiger partial charge < -0.3 is 8.92 Å². The van der Waals surface area contributed by atoms with Crippen LogP contribution in [0.1, 0.15) is 55.8 Å². The van der Waals surface area contributed by atoms with Crippen LogP contribution in [0.3, 0.4) is 0 Å². The van der Waals surface area contributed by atoms with Crippen LogP contribution in [0.25, 0.3) is 0 Å². The number of benzene rings is 2. The van der Waals surface area contributed by atoms with Gasteiger partial charge in [-0.05, 0) is 42.8 Å². The molecule has 0 aromatic heterocycles. The molecule has 0 fully saturated rings. The van der Waals surface area contributed by atoms with Crippen molar-refractivity contribution in [2.24, 2.45) is 0 Å². The van der Waals surface area contributed by atoms with Crippen LogP contribution in [0.5, 0.6) is 5.75 Å². The van der Waals surface area contributed by atoms with Crippen LogP contribution in [-0.2, 0) is 4.18 Å². The molecule has 0 spiro atoms. The van der Waals surface area contributed by atoms with E-state index in [4.69, 9.17) is 20.5 Å². The molecule has 0 N–H and O–H groups in total. The van der Waals surface area contributed by atoms with Crippen LogP contribution in [0.4, 0.5) is 23.5 Å². The van der Waals surface area contributed by atoms with Gasteiger partial charge >= 0.3 is 5.97 Å². The van der Waals surface area contributed by atoms with E-state index >= 15 is 0 Å². The Bertz CT molecular complexity index is 693. The second-order valence-electron chi connectivity index (χ2n) is 6.03. The van der Waals surface area contributed by atoms with E-state index in [0.29, 0.717) is 22.1 Å². The lowest BCUT2D eigenvalue weighted by Gasteiger charge is -2.07. The fourth-order valence-electron chi connectivity index (χ4n) is 2.40. The number of carbonyl (C=O) groups is 1. The number of hydrogen-bond donors (Lipinski definition) is 0. The van der Waals surface area contributed by atoms with Gasteiger partial charge in [0.2, 0.25) is 0 Å². The molecule has 0 aliphatic rings. The third-order valence-electron chi connectivity index (χ3n) is 3.90. The quantitative estimate of drug-likeness (QED) is 0.183. The SMILES string of the molecule is CCCCCCCCOc1ccc(C(=O)OSc2ccccc2Cl)cc1.F.F.F.F.F. The minimum Gasteiger partial charge on any atom is -0.494 e. The van der Waals surface area contributed by atoms with Crippen LogP contribution in [-0.4, -0.2) is 12.6 Å². The number of hydrogen-bond acceptors (Lipinski definition) is 4. The van der Waals surface area contributed by atoms with Gasteiger partial charge in [-0.3, -0.25) is 23.5 Å². The summed E-state index contributed by atoms with van der Waals surface area (Å²) in [6.07, 6.45) is 7.41. The van der Waals surface area contributed by atoms with Crippen molar-refractivity contribution in [1.82, 2.24) is 0 Å². The summed E-state index contributed by atoms with van der Waals surface area (Å²) in [5.74, 6) is 0.367. The summed E-state index contributed by atoms with van der Waals surface area (Å²) in [7, 11) is 0. The Morgan fingerprint density at radius 2 is 1.42 bits per heavy atom. The van der Waals surface area contributed by atoms with Gasteiger partial charge in [0.05, 0.1) is 34.1 Å². The summed E-state index contributed by atoms with van der Waals surface area (Å²) >= 11 is 7.01. The molecular weight excluding hydrogens is 463 g/mol. The molecule has 0 aliphatic carbocycles. The Morgan fingerprint density at radius 1 is 0.839 bits per heavy atom. The highest BCUT2D eigenvalue weighted by Crippen LogP contribution is 2.28. The second kappa shape index (κ2) is 21.2. The summed E-state index contributed by atoms with van der Waals surface area (Å²) in [6, 6.07) is 14.3. The first-order valence-electron chi connectivity index (χ1n) is 9.07. The van der Waals surface area contributed by atoms with E-state index < -0.39 is 5.97 Å². The molecule has 3 nitrogen and oxygen atoms in total. The lowest BCUT2D eigenvalue weighted by molar-refractivity contribution is 0.0768. The maximum Gasteiger partial charge on any atom is 0.350 e. The summed E-state index contributed by atoms with van der Waals surface area (Å²) in [4.78, 5) is 12.8. The minimum atomic E-state index is -0.405. The molecule has 2 aromatic carbocycles. The van der Waals surface area contributed by atoms with Crippen molar-refractivity contribution in [2.75, 3.05) is 6.61 Å². The predicted octanol–water partition coefficient (Wildman–Crippen LogP) is 7.71. The molecule has 2 aromatic rings. The molecule has 0 saturated heterocycles. The Kier molecular flexibility index (Phi) is 24.9. The van der Waals surface area contributed by atoms with Crippen LogP contribution >= 0.6 is 23.6 Å². The van der Waals surface area contributed by atoms with E-state index in [0.717, 1.165) is 24.2 Å². The van der Waals surface area contributed by atoms with Gasteiger partial charge in [0.25, 0.3) is 0 Å². The molecular formula is C21H30ClF5O3S. The third kappa shape index (κ3) is 13.8. The molecule has 2 rings (SSSR count). The molecule has 0 aliphatic heterocycles. The first-order valence-corrected chi connectivity index (χ1v) is 10.2. The fourth-order valence-corrected chi connectivity index (χ4v) is 3.18. The summed E-state index contributed by atoms with van der Waals surface area (Å²) in [5.41, 5.74) is 0.483. The molecule has 0 unspecified atom stereocenters. The van der Waals surface area contributed by atoms with Crippen molar-refractivity contribution in [3.8, 4) is 5.75 Å².